The molecule has 7 heteroatoms. The van der Waals surface area contributed by atoms with Crippen LogP contribution in [0.2, 0.25) is 0 Å². The van der Waals surface area contributed by atoms with Gasteiger partial charge in [-0.2, -0.15) is 0 Å². The summed E-state index contributed by atoms with van der Waals surface area (Å²) in [4.78, 5) is 35.4. The first-order valence-electron chi connectivity index (χ1n) is 10.7. The molecule has 170 valence electrons. The molecule has 0 saturated heterocycles. The Morgan fingerprint density at radius 2 is 2.06 bits per heavy atom. The number of carboxylic acid groups (broad SMARTS) is 1. The number of allylic oxidation sites excluding steroid dienone is 6. The Labute approximate surface area is 183 Å². The van der Waals surface area contributed by atoms with Gasteiger partial charge < -0.3 is 20.6 Å². The third kappa shape index (κ3) is 5.73. The maximum atomic E-state index is 12.3. The molecule has 0 heterocycles. The lowest BCUT2D eigenvalue weighted by molar-refractivity contribution is -0.140. The van der Waals surface area contributed by atoms with Gasteiger partial charge in [-0.3, -0.25) is 9.59 Å². The number of nitrogens with one attached hydrogen (secondary N) is 1. The van der Waals surface area contributed by atoms with Crippen LogP contribution in [0.15, 0.2) is 46.4 Å². The number of carboxylic acids is 1. The molecule has 0 aliphatic heterocycles. The predicted octanol–water partition coefficient (Wildman–Crippen LogP) is 3.37. The van der Waals surface area contributed by atoms with Crippen LogP contribution in [0.5, 0.6) is 0 Å². The number of carbonyl (C=O) groups excluding carboxylic acids is 2. The van der Waals surface area contributed by atoms with Crippen LogP contribution in [0.3, 0.4) is 0 Å². The molecular formula is C24H33NO6. The number of hydrogen-bond donors (Lipinski definition) is 4. The minimum absolute atomic E-state index is 0.0727. The van der Waals surface area contributed by atoms with Crippen LogP contribution < -0.4 is 5.32 Å². The minimum Gasteiger partial charge on any atom is -0.505 e. The summed E-state index contributed by atoms with van der Waals surface area (Å²) in [6, 6.07) is -1.40. The van der Waals surface area contributed by atoms with Crippen LogP contribution in [0.25, 0.3) is 0 Å². The van der Waals surface area contributed by atoms with Gasteiger partial charge in [0.15, 0.2) is 0 Å². The molecule has 2 rings (SSSR count). The summed E-state index contributed by atoms with van der Waals surface area (Å²) in [6.07, 6.45) is 9.14. The lowest BCUT2D eigenvalue weighted by Gasteiger charge is -2.40. The van der Waals surface area contributed by atoms with Gasteiger partial charge in [0.05, 0.1) is 17.9 Å². The van der Waals surface area contributed by atoms with Gasteiger partial charge in [-0.05, 0) is 57.3 Å². The fraction of sp³-hybridized carbons (Fsp3) is 0.542. The molecule has 0 aromatic heterocycles. The van der Waals surface area contributed by atoms with Crippen molar-refractivity contribution < 1.29 is 29.7 Å². The normalized spacial score (nSPS) is 25.8. The summed E-state index contributed by atoms with van der Waals surface area (Å²) in [7, 11) is 0. The molecule has 3 atom stereocenters. The summed E-state index contributed by atoms with van der Waals surface area (Å²) in [5, 5.41) is 31.1. The van der Waals surface area contributed by atoms with Gasteiger partial charge in [0.2, 0.25) is 11.6 Å². The van der Waals surface area contributed by atoms with E-state index in [9.17, 15) is 19.5 Å². The highest BCUT2D eigenvalue weighted by atomic mass is 16.4. The zero-order valence-electron chi connectivity index (χ0n) is 18.7. The van der Waals surface area contributed by atoms with Gasteiger partial charge in [-0.25, -0.2) is 4.79 Å². The topological polar surface area (TPSA) is 124 Å². The first kappa shape index (κ1) is 24.6. The van der Waals surface area contributed by atoms with Crippen LogP contribution in [-0.4, -0.2) is 45.5 Å². The lowest BCUT2D eigenvalue weighted by atomic mass is 9.65. The molecule has 0 amide bonds. The van der Waals surface area contributed by atoms with Gasteiger partial charge in [0.25, 0.3) is 0 Å². The quantitative estimate of drug-likeness (QED) is 0.251. The molecule has 0 radical (unpaired) electrons. The van der Waals surface area contributed by atoms with Gasteiger partial charge in [0, 0.05) is 6.08 Å². The second-order valence-electron chi connectivity index (χ2n) is 8.91. The van der Waals surface area contributed by atoms with Crippen molar-refractivity contribution in [1.82, 2.24) is 5.32 Å². The molecule has 0 aromatic rings. The van der Waals surface area contributed by atoms with E-state index in [1.807, 2.05) is 13.0 Å². The van der Waals surface area contributed by atoms with E-state index < -0.39 is 35.9 Å². The van der Waals surface area contributed by atoms with Crippen molar-refractivity contribution in [3.63, 3.8) is 0 Å². The van der Waals surface area contributed by atoms with Crippen molar-refractivity contribution in [2.45, 2.75) is 65.8 Å². The van der Waals surface area contributed by atoms with E-state index >= 15 is 0 Å². The molecule has 0 saturated carbocycles. The maximum Gasteiger partial charge on any atom is 0.328 e. The first-order valence-corrected chi connectivity index (χ1v) is 10.7. The number of hydrogen-bond acceptors (Lipinski definition) is 6. The number of rotatable bonds is 9. The van der Waals surface area contributed by atoms with E-state index in [4.69, 9.17) is 10.2 Å². The molecule has 0 bridgehead atoms. The van der Waals surface area contributed by atoms with E-state index in [0.29, 0.717) is 5.92 Å². The smallest absolute Gasteiger partial charge is 0.328 e. The molecule has 2 aliphatic carbocycles. The zero-order chi connectivity index (χ0) is 23.3. The molecule has 0 fully saturated rings. The highest BCUT2D eigenvalue weighted by Crippen LogP contribution is 2.45. The van der Waals surface area contributed by atoms with Crippen molar-refractivity contribution in [3.8, 4) is 0 Å². The fourth-order valence-electron chi connectivity index (χ4n) is 4.13. The number of aliphatic hydroxyl groups is 2. The van der Waals surface area contributed by atoms with Crippen molar-refractivity contribution in [2.24, 2.45) is 11.3 Å². The molecule has 4 N–H and O–H groups in total. The van der Waals surface area contributed by atoms with Crippen molar-refractivity contribution in [3.05, 3.63) is 46.4 Å². The Bertz CT molecular complexity index is 879. The highest BCUT2D eigenvalue weighted by Gasteiger charge is 2.34. The van der Waals surface area contributed by atoms with Crippen LogP contribution in [-0.2, 0) is 14.4 Å². The second kappa shape index (κ2) is 10.1. The second-order valence-corrected chi connectivity index (χ2v) is 8.91. The Morgan fingerprint density at radius 3 is 2.68 bits per heavy atom. The lowest BCUT2D eigenvalue weighted by Crippen LogP contribution is -2.41. The van der Waals surface area contributed by atoms with Gasteiger partial charge in [0.1, 0.15) is 11.8 Å². The van der Waals surface area contributed by atoms with E-state index in [1.54, 1.807) is 0 Å². The Kier molecular flexibility index (Phi) is 8.01. The zero-order valence-corrected chi connectivity index (χ0v) is 18.7. The van der Waals surface area contributed by atoms with Crippen molar-refractivity contribution in [1.29, 1.82) is 0 Å². The average molecular weight is 432 g/mol. The van der Waals surface area contributed by atoms with Crippen LogP contribution in [0, 0.1) is 11.3 Å². The Morgan fingerprint density at radius 1 is 1.39 bits per heavy atom. The highest BCUT2D eigenvalue weighted by molar-refractivity contribution is 6.48. The first-order chi connectivity index (χ1) is 14.5. The summed E-state index contributed by atoms with van der Waals surface area (Å²) < 4.78 is 0. The Balaban J connectivity index is 2.11. The number of carbonyl (C=O) groups is 3. The van der Waals surface area contributed by atoms with Gasteiger partial charge in [-0.1, -0.05) is 37.1 Å². The summed E-state index contributed by atoms with van der Waals surface area (Å²) in [6.45, 7) is 7.98. The van der Waals surface area contributed by atoms with Gasteiger partial charge in [-0.15, -0.1) is 0 Å². The average Bonchev–Trinajstić information content (AvgIpc) is 2.72. The van der Waals surface area contributed by atoms with Crippen molar-refractivity contribution >= 4 is 17.5 Å². The van der Waals surface area contributed by atoms with Crippen LogP contribution in [0.4, 0.5) is 0 Å². The molecule has 0 aromatic carbocycles. The predicted molar refractivity (Wildman–Crippen MR) is 117 cm³/mol. The molecule has 3 unspecified atom stereocenters. The SMILES string of the molecule is CC(=CCC1=C(O)C(NC(CO)C(=O)O)=CC(=O)C1=O)CCC1(C)CCC=C(C)C1C. The number of aliphatic carboxylic acids is 1. The van der Waals surface area contributed by atoms with E-state index in [0.717, 1.165) is 37.3 Å². The van der Waals surface area contributed by atoms with E-state index in [2.05, 4.69) is 32.2 Å². The van der Waals surface area contributed by atoms with Crippen LogP contribution >= 0.6 is 0 Å². The third-order valence-electron chi connectivity index (χ3n) is 6.78. The molecular weight excluding hydrogens is 398 g/mol. The van der Waals surface area contributed by atoms with E-state index in [-0.39, 0.29) is 23.1 Å². The Hall–Kier alpha value is -2.67. The number of ketones is 2. The molecule has 7 nitrogen and oxygen atoms in total. The number of Topliss-reactive ketones (excluding diaryl/α,β-unsaturated/α-hetero) is 1. The fourth-order valence-corrected chi connectivity index (χ4v) is 4.13. The van der Waals surface area contributed by atoms with E-state index in [1.165, 1.54) is 5.57 Å². The van der Waals surface area contributed by atoms with Crippen molar-refractivity contribution in [2.75, 3.05) is 6.61 Å². The largest absolute Gasteiger partial charge is 0.505 e. The maximum absolute atomic E-state index is 12.3. The van der Waals surface area contributed by atoms with Gasteiger partial charge >= 0.3 is 5.97 Å². The molecule has 31 heavy (non-hydrogen) atoms. The standard InChI is InChI=1S/C24H33NO6/c1-14(9-11-24(4)10-5-6-15(2)16(24)3)7-8-17-21(28)18(12-20(27)22(17)29)25-19(13-26)23(30)31/h6-7,12,16,19,25-26,28H,5,8-11,13H2,1-4H3,(H,30,31). The summed E-state index contributed by atoms with van der Waals surface area (Å²) in [5.74, 6) is -2.94. The summed E-state index contributed by atoms with van der Waals surface area (Å²) >= 11 is 0. The monoisotopic (exact) mass is 431 g/mol. The van der Waals surface area contributed by atoms with Crippen LogP contribution in [0.1, 0.15) is 59.8 Å². The summed E-state index contributed by atoms with van der Waals surface area (Å²) in [5.41, 5.74) is 2.45. The minimum atomic E-state index is -1.40. The number of aliphatic hydroxyl groups excluding tert-OH is 2. The molecule has 0 spiro atoms. The third-order valence-corrected chi connectivity index (χ3v) is 6.78. The molecule has 2 aliphatic rings.